The number of aromatic nitrogens is 2. The quantitative estimate of drug-likeness (QED) is 0.0346. The highest BCUT2D eigenvalue weighted by Crippen LogP contribution is 2.39. The van der Waals surface area contributed by atoms with Crippen LogP contribution in [0.2, 0.25) is 5.15 Å². The maximum Gasteiger partial charge on any atom is 0.334 e. The van der Waals surface area contributed by atoms with Crippen LogP contribution in [0.25, 0.3) is 21.8 Å². The van der Waals surface area contributed by atoms with Crippen LogP contribution in [0.1, 0.15) is 38.8 Å². The molecule has 6 aromatic rings. The molecular weight excluding hydrogens is 780 g/mol. The first-order chi connectivity index (χ1) is 27.9. The fourth-order valence-electron chi connectivity index (χ4n) is 5.50. The van der Waals surface area contributed by atoms with Crippen molar-refractivity contribution in [2.45, 2.75) is 52.0 Å². The third kappa shape index (κ3) is 13.1. The fourth-order valence-corrected chi connectivity index (χ4v) is 5.75. The molecular formula is C42H49ClN8O8. The van der Waals surface area contributed by atoms with Crippen LogP contribution in [-0.2, 0) is 13.1 Å². The topological polar surface area (TPSA) is 233 Å². The second kappa shape index (κ2) is 20.4. The number of hydrogen-bond acceptors (Lipinski definition) is 14. The minimum absolute atomic E-state index is 0.151. The largest absolute Gasteiger partial charge is 0.497 e. The normalized spacial score (nSPS) is 11.1. The summed E-state index contributed by atoms with van der Waals surface area (Å²) in [5.41, 5.74) is 6.76. The number of methoxy groups -OCH3 is 2. The summed E-state index contributed by atoms with van der Waals surface area (Å²) >= 11 is 5.90. The zero-order valence-corrected chi connectivity index (χ0v) is 34.4. The third-order valence-corrected chi connectivity index (χ3v) is 8.73. The number of nitrogens with one attached hydrogen (secondary N) is 3. The minimum Gasteiger partial charge on any atom is -0.497 e. The predicted molar refractivity (Wildman–Crippen MR) is 233 cm³/mol. The van der Waals surface area contributed by atoms with E-state index in [1.54, 1.807) is 84.4 Å². The monoisotopic (exact) mass is 828 g/mol. The number of fused-ring (bicyclic) bond motifs is 2. The number of anilines is 3. The van der Waals surface area contributed by atoms with E-state index in [-0.39, 0.29) is 41.1 Å². The van der Waals surface area contributed by atoms with Gasteiger partial charge >= 0.3 is 11.4 Å². The van der Waals surface area contributed by atoms with E-state index in [2.05, 4.69) is 25.9 Å². The van der Waals surface area contributed by atoms with Crippen molar-refractivity contribution >= 4 is 62.0 Å². The number of ether oxygens (including phenoxy) is 2. The van der Waals surface area contributed by atoms with Gasteiger partial charge in [0.2, 0.25) is 11.0 Å². The zero-order valence-electron chi connectivity index (χ0n) is 33.7. The standard InChI is InChI=1S/C21H24N4O4.C13H14ClN3O3.C8H11NO/c1-21(2,26)13-23-18-16-6-4-5-7-17(16)24-20(19(18)25(27)28)22-12-14-8-10-15(29-3)11-9-14;1-13(2,18)7-15-10-8-5-3-4-6-9(8)16-12(14)11(10)17(19)20;1-10-8-4-2-7(6-9)3-5-8/h4-11,26H,12-13H2,1-3H3,(H2,22,23,24);3-6,18H,7H2,1-2H3,(H,15,16);2-5H,6,9H2,1H3. The second-order valence-electron chi connectivity index (χ2n) is 14.4. The number of halogens is 1. The molecule has 2 aromatic heterocycles. The number of pyridine rings is 2. The Morgan fingerprint density at radius 1 is 0.661 bits per heavy atom. The first-order valence-electron chi connectivity index (χ1n) is 18.4. The lowest BCUT2D eigenvalue weighted by Gasteiger charge is -2.20. The van der Waals surface area contributed by atoms with Crippen LogP contribution in [-0.4, -0.2) is 68.5 Å². The Morgan fingerprint density at radius 3 is 1.51 bits per heavy atom. The predicted octanol–water partition coefficient (Wildman–Crippen LogP) is 8.08. The van der Waals surface area contributed by atoms with E-state index in [1.807, 2.05) is 54.6 Å². The number of aliphatic hydroxyl groups is 2. The molecule has 0 radical (unpaired) electrons. The SMILES string of the molecule is CC(C)(O)CNc1c([N+](=O)[O-])c(Cl)nc2ccccc12.COc1ccc(CN)cc1.COc1ccc(CNc2nc3ccccc3c(NCC(C)(C)O)c2[N+](=O)[O-])cc1. The Labute approximate surface area is 346 Å². The van der Waals surface area contributed by atoms with Gasteiger partial charge < -0.3 is 41.4 Å². The number of para-hydroxylation sites is 2. The van der Waals surface area contributed by atoms with Crippen molar-refractivity contribution in [3.63, 3.8) is 0 Å². The van der Waals surface area contributed by atoms with Crippen LogP contribution in [0.15, 0.2) is 97.1 Å². The summed E-state index contributed by atoms with van der Waals surface area (Å²) in [5.74, 6) is 1.78. The number of nitro groups is 2. The van der Waals surface area contributed by atoms with Crippen LogP contribution in [0.3, 0.4) is 0 Å². The first-order valence-corrected chi connectivity index (χ1v) is 18.7. The average Bonchev–Trinajstić information content (AvgIpc) is 3.20. The highest BCUT2D eigenvalue weighted by molar-refractivity contribution is 6.33. The molecule has 0 aliphatic carbocycles. The van der Waals surface area contributed by atoms with Crippen molar-refractivity contribution in [2.75, 3.05) is 43.3 Å². The molecule has 0 saturated carbocycles. The fraction of sp³-hybridized carbons (Fsp3) is 0.286. The highest BCUT2D eigenvalue weighted by Gasteiger charge is 2.27. The van der Waals surface area contributed by atoms with Crippen LogP contribution < -0.4 is 31.2 Å². The van der Waals surface area contributed by atoms with Gasteiger partial charge in [0.15, 0.2) is 0 Å². The molecule has 0 unspecified atom stereocenters. The molecule has 6 rings (SSSR count). The minimum atomic E-state index is -1.03. The van der Waals surface area contributed by atoms with E-state index in [0.717, 1.165) is 22.6 Å². The molecule has 59 heavy (non-hydrogen) atoms. The summed E-state index contributed by atoms with van der Waals surface area (Å²) in [4.78, 5) is 30.6. The average molecular weight is 829 g/mol. The Hall–Kier alpha value is -6.33. The number of nitrogens with two attached hydrogens (primary N) is 1. The number of nitrogens with zero attached hydrogens (tertiary/aromatic N) is 4. The summed E-state index contributed by atoms with van der Waals surface area (Å²) in [7, 11) is 3.25. The highest BCUT2D eigenvalue weighted by atomic mass is 35.5. The molecule has 16 nitrogen and oxygen atoms in total. The van der Waals surface area contributed by atoms with E-state index >= 15 is 0 Å². The smallest absolute Gasteiger partial charge is 0.334 e. The Morgan fingerprint density at radius 2 is 1.08 bits per heavy atom. The molecule has 0 aliphatic rings. The van der Waals surface area contributed by atoms with E-state index in [1.165, 1.54) is 0 Å². The number of benzene rings is 4. The van der Waals surface area contributed by atoms with Crippen molar-refractivity contribution in [2.24, 2.45) is 5.73 Å². The molecule has 4 aromatic carbocycles. The van der Waals surface area contributed by atoms with Crippen LogP contribution in [0.4, 0.5) is 28.6 Å². The molecule has 0 atom stereocenters. The maximum absolute atomic E-state index is 11.9. The van der Waals surface area contributed by atoms with E-state index in [4.69, 9.17) is 26.8 Å². The van der Waals surface area contributed by atoms with Crippen LogP contribution in [0.5, 0.6) is 11.5 Å². The van der Waals surface area contributed by atoms with Gasteiger partial charge in [-0.2, -0.15) is 0 Å². The van der Waals surface area contributed by atoms with Gasteiger partial charge in [0.25, 0.3) is 0 Å². The van der Waals surface area contributed by atoms with Crippen molar-refractivity contribution < 1.29 is 29.5 Å². The van der Waals surface area contributed by atoms with Crippen molar-refractivity contribution in [1.82, 2.24) is 9.97 Å². The lowest BCUT2D eigenvalue weighted by molar-refractivity contribution is -0.384. The Bertz CT molecular complexity index is 2330. The van der Waals surface area contributed by atoms with Gasteiger partial charge in [-0.05, 0) is 75.2 Å². The summed E-state index contributed by atoms with van der Waals surface area (Å²) in [5, 5.41) is 53.0. The van der Waals surface area contributed by atoms with Gasteiger partial charge in [-0.3, -0.25) is 20.2 Å². The molecule has 7 N–H and O–H groups in total. The summed E-state index contributed by atoms with van der Waals surface area (Å²) in [6, 6.07) is 29.3. The summed E-state index contributed by atoms with van der Waals surface area (Å²) in [6.45, 7) is 7.74. The van der Waals surface area contributed by atoms with Crippen molar-refractivity contribution in [3.8, 4) is 11.5 Å². The van der Waals surface area contributed by atoms with Gasteiger partial charge in [-0.1, -0.05) is 72.3 Å². The number of rotatable bonds is 14. The molecule has 0 fully saturated rings. The zero-order chi connectivity index (χ0) is 43.3. The summed E-state index contributed by atoms with van der Waals surface area (Å²) < 4.78 is 10.1. The van der Waals surface area contributed by atoms with Crippen molar-refractivity contribution in [3.05, 3.63) is 134 Å². The molecule has 2 heterocycles. The molecule has 312 valence electrons. The van der Waals surface area contributed by atoms with Gasteiger partial charge in [0.05, 0.1) is 46.3 Å². The van der Waals surface area contributed by atoms with Crippen LogP contribution >= 0.6 is 11.6 Å². The van der Waals surface area contributed by atoms with E-state index in [9.17, 15) is 30.4 Å². The van der Waals surface area contributed by atoms with Gasteiger partial charge in [-0.25, -0.2) is 9.97 Å². The van der Waals surface area contributed by atoms with E-state index < -0.39 is 21.0 Å². The molecule has 17 heteroatoms. The lowest BCUT2D eigenvalue weighted by Crippen LogP contribution is -2.29. The molecule has 0 aliphatic heterocycles. The Kier molecular flexibility index (Phi) is 15.7. The van der Waals surface area contributed by atoms with E-state index in [0.29, 0.717) is 40.6 Å². The lowest BCUT2D eigenvalue weighted by atomic mass is 10.1. The van der Waals surface area contributed by atoms with Crippen LogP contribution in [0, 0.1) is 20.2 Å². The summed E-state index contributed by atoms with van der Waals surface area (Å²) in [6.07, 6.45) is 0. The Balaban J connectivity index is 0.000000220. The van der Waals surface area contributed by atoms with Gasteiger partial charge in [0, 0.05) is 37.0 Å². The first kappa shape index (κ1) is 45.4. The second-order valence-corrected chi connectivity index (χ2v) is 14.8. The van der Waals surface area contributed by atoms with Gasteiger partial charge in [-0.15, -0.1) is 0 Å². The molecule has 0 saturated heterocycles. The van der Waals surface area contributed by atoms with Gasteiger partial charge in [0.1, 0.15) is 22.9 Å². The van der Waals surface area contributed by atoms with Crippen molar-refractivity contribution in [1.29, 1.82) is 0 Å². The number of hydrogen-bond donors (Lipinski definition) is 6. The molecule has 0 spiro atoms. The molecule has 0 bridgehead atoms. The maximum atomic E-state index is 11.9. The molecule has 0 amide bonds. The third-order valence-electron chi connectivity index (χ3n) is 8.47.